The minimum absolute atomic E-state index is 0.704. The summed E-state index contributed by atoms with van der Waals surface area (Å²) in [5.41, 5.74) is 2.62. The van der Waals surface area contributed by atoms with Crippen molar-refractivity contribution in [2.75, 3.05) is 20.2 Å². The lowest BCUT2D eigenvalue weighted by molar-refractivity contribution is 0.152. The summed E-state index contributed by atoms with van der Waals surface area (Å²) in [4.78, 5) is 2.59. The molecule has 1 N–H and O–H groups in total. The normalized spacial score (nSPS) is 19.3. The van der Waals surface area contributed by atoms with Gasteiger partial charge in [0.2, 0.25) is 0 Å². The van der Waals surface area contributed by atoms with E-state index in [2.05, 4.69) is 42.3 Å². The molecule has 1 fully saturated rings. The van der Waals surface area contributed by atoms with E-state index in [1.165, 1.54) is 49.8 Å². The van der Waals surface area contributed by atoms with Gasteiger partial charge in [0, 0.05) is 24.7 Å². The lowest BCUT2D eigenvalue weighted by Gasteiger charge is -2.33. The van der Waals surface area contributed by atoms with Crippen LogP contribution in [0.1, 0.15) is 57.1 Å². The summed E-state index contributed by atoms with van der Waals surface area (Å²) in [5.74, 6) is 1.02. The second-order valence-electron chi connectivity index (χ2n) is 6.49. The van der Waals surface area contributed by atoms with Gasteiger partial charge >= 0.3 is 0 Å². The Morgan fingerprint density at radius 2 is 2.18 bits per heavy atom. The number of likely N-dealkylation sites (tertiary alicyclic amines) is 1. The number of piperidine rings is 1. The molecule has 1 atom stereocenters. The standard InChI is InChI=1S/C19H32N2O/c1-4-5-11-20-14-18-10-9-17(13-19(18)22-3)15-21-12-7-6-8-16(21)2/h9-10,13,16,20H,4-8,11-12,14-15H2,1-3H3. The number of nitrogens with one attached hydrogen (secondary N) is 1. The quantitative estimate of drug-likeness (QED) is 0.736. The molecule has 0 amide bonds. The van der Waals surface area contributed by atoms with Crippen molar-refractivity contribution in [2.45, 2.75) is 65.1 Å². The molecule has 1 aliphatic heterocycles. The molecule has 22 heavy (non-hydrogen) atoms. The van der Waals surface area contributed by atoms with Crippen LogP contribution in [0.5, 0.6) is 5.75 Å². The molecule has 0 radical (unpaired) electrons. The highest BCUT2D eigenvalue weighted by Gasteiger charge is 2.18. The van der Waals surface area contributed by atoms with Crippen LogP contribution in [0.2, 0.25) is 0 Å². The Bertz CT molecular complexity index is 447. The molecule has 124 valence electrons. The van der Waals surface area contributed by atoms with Crippen LogP contribution in [0.15, 0.2) is 18.2 Å². The lowest BCUT2D eigenvalue weighted by Crippen LogP contribution is -2.36. The van der Waals surface area contributed by atoms with E-state index in [4.69, 9.17) is 4.74 Å². The second kappa shape index (κ2) is 9.16. The van der Waals surface area contributed by atoms with Crippen molar-refractivity contribution in [3.63, 3.8) is 0 Å². The monoisotopic (exact) mass is 304 g/mol. The van der Waals surface area contributed by atoms with E-state index in [1.54, 1.807) is 7.11 Å². The van der Waals surface area contributed by atoms with Gasteiger partial charge in [-0.2, -0.15) is 0 Å². The van der Waals surface area contributed by atoms with Gasteiger partial charge in [-0.3, -0.25) is 4.90 Å². The number of methoxy groups -OCH3 is 1. The Morgan fingerprint density at radius 3 is 2.91 bits per heavy atom. The predicted octanol–water partition coefficient (Wildman–Crippen LogP) is 3.96. The maximum Gasteiger partial charge on any atom is 0.123 e. The van der Waals surface area contributed by atoms with Gasteiger partial charge in [-0.15, -0.1) is 0 Å². The van der Waals surface area contributed by atoms with Gasteiger partial charge in [0.15, 0.2) is 0 Å². The van der Waals surface area contributed by atoms with E-state index < -0.39 is 0 Å². The minimum atomic E-state index is 0.704. The first kappa shape index (κ1) is 17.3. The summed E-state index contributed by atoms with van der Waals surface area (Å²) in [6, 6.07) is 7.41. The molecule has 0 bridgehead atoms. The summed E-state index contributed by atoms with van der Waals surface area (Å²) in [6.45, 7) is 8.81. The van der Waals surface area contributed by atoms with Crippen LogP contribution in [-0.2, 0) is 13.1 Å². The van der Waals surface area contributed by atoms with E-state index in [0.717, 1.165) is 25.4 Å². The van der Waals surface area contributed by atoms with Crippen LogP contribution in [0, 0.1) is 0 Å². The number of rotatable bonds is 8. The number of hydrogen-bond acceptors (Lipinski definition) is 3. The molecule has 3 heteroatoms. The van der Waals surface area contributed by atoms with Crippen LogP contribution in [0.4, 0.5) is 0 Å². The number of hydrogen-bond donors (Lipinski definition) is 1. The van der Waals surface area contributed by atoms with E-state index >= 15 is 0 Å². The van der Waals surface area contributed by atoms with Crippen molar-refractivity contribution in [1.82, 2.24) is 10.2 Å². The van der Waals surface area contributed by atoms with Gasteiger partial charge in [-0.1, -0.05) is 31.9 Å². The van der Waals surface area contributed by atoms with Gasteiger partial charge < -0.3 is 10.1 Å². The Labute approximate surface area is 136 Å². The highest BCUT2D eigenvalue weighted by Crippen LogP contribution is 2.24. The van der Waals surface area contributed by atoms with Gasteiger partial charge in [0.05, 0.1) is 7.11 Å². The lowest BCUT2D eigenvalue weighted by atomic mass is 10.0. The molecule has 1 heterocycles. The average molecular weight is 304 g/mol. The summed E-state index contributed by atoms with van der Waals surface area (Å²) in [6.07, 6.45) is 6.51. The molecular weight excluding hydrogens is 272 g/mol. The highest BCUT2D eigenvalue weighted by molar-refractivity contribution is 5.37. The van der Waals surface area contributed by atoms with Crippen molar-refractivity contribution in [2.24, 2.45) is 0 Å². The van der Waals surface area contributed by atoms with Crippen LogP contribution >= 0.6 is 0 Å². The molecule has 1 aliphatic rings. The molecule has 0 aliphatic carbocycles. The molecule has 1 aromatic carbocycles. The topological polar surface area (TPSA) is 24.5 Å². The largest absolute Gasteiger partial charge is 0.496 e. The van der Waals surface area contributed by atoms with Crippen LogP contribution in [0.3, 0.4) is 0 Å². The van der Waals surface area contributed by atoms with Crippen LogP contribution in [0.25, 0.3) is 0 Å². The number of benzene rings is 1. The van der Waals surface area contributed by atoms with Crippen molar-refractivity contribution >= 4 is 0 Å². The summed E-state index contributed by atoms with van der Waals surface area (Å²) >= 11 is 0. The Balaban J connectivity index is 1.95. The third-order valence-corrected chi connectivity index (χ3v) is 4.70. The zero-order chi connectivity index (χ0) is 15.8. The van der Waals surface area contributed by atoms with Gasteiger partial charge in [0.25, 0.3) is 0 Å². The molecule has 1 unspecified atom stereocenters. The first-order valence-electron chi connectivity index (χ1n) is 8.85. The SMILES string of the molecule is CCCCNCc1ccc(CN2CCCCC2C)cc1OC. The third kappa shape index (κ3) is 4.99. The maximum atomic E-state index is 5.60. The number of ether oxygens (including phenoxy) is 1. The van der Waals surface area contributed by atoms with Gasteiger partial charge in [0.1, 0.15) is 5.75 Å². The first-order chi connectivity index (χ1) is 10.7. The fourth-order valence-corrected chi connectivity index (χ4v) is 3.19. The highest BCUT2D eigenvalue weighted by atomic mass is 16.5. The average Bonchev–Trinajstić information content (AvgIpc) is 2.54. The Morgan fingerprint density at radius 1 is 1.32 bits per heavy atom. The molecule has 0 spiro atoms. The summed E-state index contributed by atoms with van der Waals surface area (Å²) in [5, 5.41) is 3.49. The minimum Gasteiger partial charge on any atom is -0.496 e. The van der Waals surface area contributed by atoms with Crippen molar-refractivity contribution in [1.29, 1.82) is 0 Å². The summed E-state index contributed by atoms with van der Waals surface area (Å²) < 4.78 is 5.60. The molecule has 0 aromatic heterocycles. The zero-order valence-electron chi connectivity index (χ0n) is 14.5. The van der Waals surface area contributed by atoms with Gasteiger partial charge in [-0.25, -0.2) is 0 Å². The number of unbranched alkanes of at least 4 members (excludes halogenated alkanes) is 1. The van der Waals surface area contributed by atoms with Crippen molar-refractivity contribution < 1.29 is 4.74 Å². The fourth-order valence-electron chi connectivity index (χ4n) is 3.19. The summed E-state index contributed by atoms with van der Waals surface area (Å²) in [7, 11) is 1.78. The van der Waals surface area contributed by atoms with E-state index in [1.807, 2.05) is 0 Å². The van der Waals surface area contributed by atoms with E-state index in [-0.39, 0.29) is 0 Å². The molecule has 1 aromatic rings. The van der Waals surface area contributed by atoms with E-state index in [9.17, 15) is 0 Å². The molecule has 1 saturated heterocycles. The molecule has 3 nitrogen and oxygen atoms in total. The predicted molar refractivity (Wildman–Crippen MR) is 93.3 cm³/mol. The molecule has 2 rings (SSSR count). The Kier molecular flexibility index (Phi) is 7.20. The second-order valence-corrected chi connectivity index (χ2v) is 6.49. The van der Waals surface area contributed by atoms with Crippen LogP contribution < -0.4 is 10.1 Å². The molecular formula is C19H32N2O. The van der Waals surface area contributed by atoms with Crippen molar-refractivity contribution in [3.8, 4) is 5.75 Å². The van der Waals surface area contributed by atoms with Crippen LogP contribution in [-0.4, -0.2) is 31.1 Å². The zero-order valence-corrected chi connectivity index (χ0v) is 14.5. The van der Waals surface area contributed by atoms with Gasteiger partial charge in [-0.05, 0) is 50.9 Å². The first-order valence-corrected chi connectivity index (χ1v) is 8.85. The maximum absolute atomic E-state index is 5.60. The fraction of sp³-hybridized carbons (Fsp3) is 0.684. The smallest absolute Gasteiger partial charge is 0.123 e. The third-order valence-electron chi connectivity index (χ3n) is 4.70. The van der Waals surface area contributed by atoms with E-state index in [0.29, 0.717) is 6.04 Å². The van der Waals surface area contributed by atoms with Crippen molar-refractivity contribution in [3.05, 3.63) is 29.3 Å². The molecule has 0 saturated carbocycles. The number of nitrogens with zero attached hydrogens (tertiary/aromatic N) is 1. The Hall–Kier alpha value is -1.06.